The Bertz CT molecular complexity index is 1600. The highest BCUT2D eigenvalue weighted by Gasteiger charge is 2.16. The first-order chi connectivity index (χ1) is 20.4. The monoisotopic (exact) mass is 582 g/mol. The minimum absolute atomic E-state index is 0.0544. The Morgan fingerprint density at radius 1 is 0.738 bits per heavy atom. The first kappa shape index (κ1) is 30.0. The highest BCUT2D eigenvalue weighted by atomic mass is 32.2. The van der Waals surface area contributed by atoms with Crippen molar-refractivity contribution in [3.05, 3.63) is 119 Å². The van der Waals surface area contributed by atoms with Gasteiger partial charge in [0.2, 0.25) is 0 Å². The Kier molecular flexibility index (Phi) is 10.4. The van der Waals surface area contributed by atoms with E-state index in [0.717, 1.165) is 4.90 Å². The normalized spacial score (nSPS) is 10.9. The van der Waals surface area contributed by atoms with Crippen molar-refractivity contribution in [2.45, 2.75) is 4.90 Å². The summed E-state index contributed by atoms with van der Waals surface area (Å²) in [6.07, 6.45) is 1.58. The molecule has 4 aromatic rings. The summed E-state index contributed by atoms with van der Waals surface area (Å²) < 4.78 is 15.8. The molecule has 42 heavy (non-hydrogen) atoms. The van der Waals surface area contributed by atoms with Gasteiger partial charge in [-0.2, -0.15) is 0 Å². The average molecular weight is 583 g/mol. The van der Waals surface area contributed by atoms with E-state index < -0.39 is 11.8 Å². The lowest BCUT2D eigenvalue weighted by Gasteiger charge is -2.12. The first-order valence-electron chi connectivity index (χ1n) is 12.9. The lowest BCUT2D eigenvalue weighted by atomic mass is 10.1. The summed E-state index contributed by atoms with van der Waals surface area (Å²) in [4.78, 5) is 39.9. The number of benzene rings is 4. The number of hydrogen-bond acceptors (Lipinski definition) is 7. The molecular weight excluding hydrogens is 552 g/mol. The van der Waals surface area contributed by atoms with Crippen LogP contribution in [0.2, 0.25) is 0 Å². The van der Waals surface area contributed by atoms with Gasteiger partial charge in [-0.1, -0.05) is 36.4 Å². The minimum Gasteiger partial charge on any atom is -0.497 e. The van der Waals surface area contributed by atoms with E-state index in [1.165, 1.54) is 26.0 Å². The molecule has 0 aliphatic heterocycles. The number of thioether (sulfide) groups is 1. The van der Waals surface area contributed by atoms with Crippen LogP contribution < -0.4 is 24.8 Å². The third-order valence-corrected chi connectivity index (χ3v) is 7.09. The molecule has 0 spiro atoms. The number of carbonyl (C=O) groups is 3. The van der Waals surface area contributed by atoms with Crippen molar-refractivity contribution >= 4 is 41.1 Å². The van der Waals surface area contributed by atoms with Gasteiger partial charge in [-0.25, -0.2) is 0 Å². The van der Waals surface area contributed by atoms with Crippen LogP contribution in [0.15, 0.2) is 108 Å². The van der Waals surface area contributed by atoms with Crippen molar-refractivity contribution in [3.8, 4) is 17.2 Å². The summed E-state index contributed by atoms with van der Waals surface area (Å²) in [5.74, 6) is 0.817. The second kappa shape index (κ2) is 14.6. The van der Waals surface area contributed by atoms with E-state index in [9.17, 15) is 14.4 Å². The third kappa shape index (κ3) is 8.02. The summed E-state index contributed by atoms with van der Waals surface area (Å²) in [5.41, 5.74) is 2.16. The molecule has 0 saturated heterocycles. The lowest BCUT2D eigenvalue weighted by molar-refractivity contribution is -0.113. The maximum atomic E-state index is 13.4. The maximum Gasteiger partial charge on any atom is 0.272 e. The molecule has 0 bridgehead atoms. The fraction of sp³-hybridized carbons (Fsp3) is 0.121. The van der Waals surface area contributed by atoms with Crippen LogP contribution in [0.1, 0.15) is 26.3 Å². The predicted molar refractivity (Wildman–Crippen MR) is 165 cm³/mol. The van der Waals surface area contributed by atoms with Crippen LogP contribution in [0, 0.1) is 0 Å². The van der Waals surface area contributed by atoms with Crippen LogP contribution in [0.3, 0.4) is 0 Å². The van der Waals surface area contributed by atoms with E-state index in [2.05, 4.69) is 10.6 Å². The van der Waals surface area contributed by atoms with E-state index in [1.807, 2.05) is 12.1 Å². The molecule has 4 rings (SSSR count). The Morgan fingerprint density at radius 2 is 1.50 bits per heavy atom. The molecule has 4 aromatic carbocycles. The Balaban J connectivity index is 1.49. The second-order valence-corrected chi connectivity index (χ2v) is 9.97. The molecule has 9 heteroatoms. The summed E-state index contributed by atoms with van der Waals surface area (Å²) in [6, 6.07) is 28.0. The van der Waals surface area contributed by atoms with Crippen molar-refractivity contribution in [2.24, 2.45) is 0 Å². The summed E-state index contributed by atoms with van der Waals surface area (Å²) in [6.45, 7) is 0. The molecule has 2 amide bonds. The van der Waals surface area contributed by atoms with Crippen molar-refractivity contribution in [3.63, 3.8) is 0 Å². The highest BCUT2D eigenvalue weighted by molar-refractivity contribution is 8.00. The number of anilines is 1. The predicted octanol–water partition coefficient (Wildman–Crippen LogP) is 6.10. The van der Waals surface area contributed by atoms with Gasteiger partial charge in [0.1, 0.15) is 11.4 Å². The minimum atomic E-state index is -0.509. The van der Waals surface area contributed by atoms with Gasteiger partial charge in [0.25, 0.3) is 11.8 Å². The van der Waals surface area contributed by atoms with Crippen LogP contribution in [0.4, 0.5) is 5.69 Å². The zero-order valence-electron chi connectivity index (χ0n) is 23.4. The number of carbonyl (C=O) groups excluding carboxylic acids is 3. The zero-order chi connectivity index (χ0) is 29.9. The summed E-state index contributed by atoms with van der Waals surface area (Å²) >= 11 is 1.34. The highest BCUT2D eigenvalue weighted by Crippen LogP contribution is 2.29. The molecule has 2 N–H and O–H groups in total. The fourth-order valence-corrected chi connectivity index (χ4v) is 4.79. The maximum absolute atomic E-state index is 13.4. The van der Waals surface area contributed by atoms with E-state index in [0.29, 0.717) is 39.6 Å². The first-order valence-corrected chi connectivity index (χ1v) is 13.9. The Morgan fingerprint density at radius 3 is 2.24 bits per heavy atom. The number of nitrogens with one attached hydrogen (secondary N) is 2. The quantitative estimate of drug-likeness (QED) is 0.118. The van der Waals surface area contributed by atoms with E-state index in [-0.39, 0.29) is 17.2 Å². The third-order valence-electron chi connectivity index (χ3n) is 6.10. The van der Waals surface area contributed by atoms with Crippen LogP contribution in [-0.4, -0.2) is 44.7 Å². The molecule has 214 valence electrons. The standard InChI is InChI=1S/C33H30N2O6S/c1-39-26-13-7-9-22(17-26)18-28(35-32(37)23-10-5-4-6-11-23)33(38)34-25-12-8-14-27(20-25)42-21-29(36)24-15-16-30(40-2)31(19-24)41-3/h4-20H,21H2,1-3H3,(H,34,38)(H,35,37)/b28-18-. The molecule has 0 heterocycles. The topological polar surface area (TPSA) is 103 Å². The van der Waals surface area contributed by atoms with Crippen molar-refractivity contribution in [1.82, 2.24) is 5.32 Å². The van der Waals surface area contributed by atoms with Crippen molar-refractivity contribution < 1.29 is 28.6 Å². The van der Waals surface area contributed by atoms with Gasteiger partial charge < -0.3 is 24.8 Å². The second-order valence-electron chi connectivity index (χ2n) is 8.92. The fourth-order valence-electron chi connectivity index (χ4n) is 3.94. The van der Waals surface area contributed by atoms with E-state index in [1.54, 1.807) is 98.1 Å². The average Bonchev–Trinajstić information content (AvgIpc) is 3.03. The van der Waals surface area contributed by atoms with Gasteiger partial charge in [-0.3, -0.25) is 14.4 Å². The lowest BCUT2D eigenvalue weighted by Crippen LogP contribution is -2.30. The molecular formula is C33H30N2O6S. The van der Waals surface area contributed by atoms with E-state index >= 15 is 0 Å². The smallest absolute Gasteiger partial charge is 0.272 e. The van der Waals surface area contributed by atoms with Gasteiger partial charge in [0.15, 0.2) is 17.3 Å². The molecule has 0 atom stereocenters. The Labute approximate surface area is 248 Å². The van der Waals surface area contributed by atoms with Gasteiger partial charge in [0, 0.05) is 21.7 Å². The van der Waals surface area contributed by atoms with Crippen LogP contribution >= 0.6 is 11.8 Å². The molecule has 0 fully saturated rings. The van der Waals surface area contributed by atoms with Gasteiger partial charge in [-0.15, -0.1) is 11.8 Å². The summed E-state index contributed by atoms with van der Waals surface area (Å²) in [5, 5.41) is 5.58. The number of methoxy groups -OCH3 is 3. The molecule has 0 aromatic heterocycles. The number of amides is 2. The summed E-state index contributed by atoms with van der Waals surface area (Å²) in [7, 11) is 4.61. The van der Waals surface area contributed by atoms with Gasteiger partial charge >= 0.3 is 0 Å². The van der Waals surface area contributed by atoms with Crippen LogP contribution in [-0.2, 0) is 4.79 Å². The number of Topliss-reactive ketones (excluding diaryl/α,β-unsaturated/α-hetero) is 1. The largest absolute Gasteiger partial charge is 0.497 e. The van der Waals surface area contributed by atoms with Gasteiger partial charge in [-0.05, 0) is 72.3 Å². The van der Waals surface area contributed by atoms with Crippen LogP contribution in [0.25, 0.3) is 6.08 Å². The van der Waals surface area contributed by atoms with Crippen molar-refractivity contribution in [2.75, 3.05) is 32.4 Å². The van der Waals surface area contributed by atoms with Crippen molar-refractivity contribution in [1.29, 1.82) is 0 Å². The van der Waals surface area contributed by atoms with Crippen LogP contribution in [0.5, 0.6) is 17.2 Å². The SMILES string of the molecule is COc1cccc(/C=C(\NC(=O)c2ccccc2)C(=O)Nc2cccc(SCC(=O)c3ccc(OC)c(OC)c3)c2)c1. The number of ketones is 1. The Hall–Kier alpha value is -5.02. The molecule has 0 unspecified atom stereocenters. The number of hydrogen-bond donors (Lipinski definition) is 2. The molecule has 0 saturated carbocycles. The molecule has 8 nitrogen and oxygen atoms in total. The number of ether oxygens (including phenoxy) is 3. The molecule has 0 radical (unpaired) electrons. The van der Waals surface area contributed by atoms with E-state index in [4.69, 9.17) is 14.2 Å². The molecule has 0 aliphatic rings. The zero-order valence-corrected chi connectivity index (χ0v) is 24.2. The number of rotatable bonds is 12. The molecule has 0 aliphatic carbocycles. The van der Waals surface area contributed by atoms with Gasteiger partial charge in [0.05, 0.1) is 27.1 Å².